The highest BCUT2D eigenvalue weighted by atomic mass is 32.2. The lowest BCUT2D eigenvalue weighted by atomic mass is 9.99. The second kappa shape index (κ2) is 2.51. The van der Waals surface area contributed by atoms with Gasteiger partial charge in [0.25, 0.3) is 0 Å². The van der Waals surface area contributed by atoms with Gasteiger partial charge in [-0.15, -0.1) is 0 Å². The second-order valence-electron chi connectivity index (χ2n) is 2.92. The molecule has 2 heterocycles. The zero-order valence-electron chi connectivity index (χ0n) is 5.51. The molecule has 0 aromatic carbocycles. The van der Waals surface area contributed by atoms with Crippen molar-refractivity contribution in [2.45, 2.75) is 18.1 Å². The largest absolute Gasteiger partial charge is 0.380 e. The molecule has 2 heteroatoms. The maximum absolute atomic E-state index is 5.42. The van der Waals surface area contributed by atoms with Crippen LogP contribution >= 0.6 is 11.8 Å². The van der Waals surface area contributed by atoms with Crippen LogP contribution in [0.5, 0.6) is 0 Å². The van der Waals surface area contributed by atoms with E-state index in [1.165, 1.54) is 18.6 Å². The van der Waals surface area contributed by atoms with E-state index in [-0.39, 0.29) is 0 Å². The Morgan fingerprint density at radius 2 is 2.33 bits per heavy atom. The van der Waals surface area contributed by atoms with E-state index in [0.717, 1.165) is 24.4 Å². The molecular weight excluding hydrogens is 132 g/mol. The first kappa shape index (κ1) is 6.05. The molecular formula is C7H12OS. The molecule has 2 rings (SSSR count). The number of hydrogen-bond donors (Lipinski definition) is 0. The maximum Gasteiger partial charge on any atom is 0.0585 e. The SMILES string of the molecule is C1CC2COCC(C2)S1. The van der Waals surface area contributed by atoms with Crippen molar-refractivity contribution in [1.82, 2.24) is 0 Å². The molecule has 2 aliphatic heterocycles. The third kappa shape index (κ3) is 1.24. The van der Waals surface area contributed by atoms with Gasteiger partial charge in [0.05, 0.1) is 6.61 Å². The fourth-order valence-corrected chi connectivity index (χ4v) is 3.00. The monoisotopic (exact) mass is 144 g/mol. The molecule has 0 aliphatic carbocycles. The number of rotatable bonds is 0. The Morgan fingerprint density at radius 1 is 1.33 bits per heavy atom. The van der Waals surface area contributed by atoms with Crippen LogP contribution in [0.4, 0.5) is 0 Å². The Bertz CT molecular complexity index is 85.1. The van der Waals surface area contributed by atoms with Crippen molar-refractivity contribution in [1.29, 1.82) is 0 Å². The average molecular weight is 144 g/mol. The molecule has 2 atom stereocenters. The van der Waals surface area contributed by atoms with Gasteiger partial charge in [0.15, 0.2) is 0 Å². The van der Waals surface area contributed by atoms with E-state index in [2.05, 4.69) is 11.8 Å². The van der Waals surface area contributed by atoms with Crippen LogP contribution in [0, 0.1) is 5.92 Å². The lowest BCUT2D eigenvalue weighted by Crippen LogP contribution is -2.31. The zero-order chi connectivity index (χ0) is 6.10. The summed E-state index contributed by atoms with van der Waals surface area (Å²) >= 11 is 2.09. The minimum atomic E-state index is 0.845. The smallest absolute Gasteiger partial charge is 0.0585 e. The van der Waals surface area contributed by atoms with E-state index in [9.17, 15) is 0 Å². The molecule has 0 N–H and O–H groups in total. The molecule has 2 saturated heterocycles. The first-order chi connectivity index (χ1) is 4.45. The topological polar surface area (TPSA) is 9.23 Å². The van der Waals surface area contributed by atoms with Gasteiger partial charge in [-0.2, -0.15) is 11.8 Å². The lowest BCUT2D eigenvalue weighted by molar-refractivity contribution is 0.0549. The number of fused-ring (bicyclic) bond motifs is 2. The molecule has 0 aromatic rings. The van der Waals surface area contributed by atoms with Crippen molar-refractivity contribution in [2.24, 2.45) is 5.92 Å². The Hall–Kier alpha value is 0.310. The van der Waals surface area contributed by atoms with Gasteiger partial charge in [-0.1, -0.05) is 0 Å². The number of ether oxygens (including phenoxy) is 1. The normalized spacial score (nSPS) is 42.7. The van der Waals surface area contributed by atoms with Crippen LogP contribution in [0.25, 0.3) is 0 Å². The van der Waals surface area contributed by atoms with E-state index >= 15 is 0 Å². The maximum atomic E-state index is 5.42. The molecule has 52 valence electrons. The molecule has 2 aliphatic rings. The Balaban J connectivity index is 1.96. The Morgan fingerprint density at radius 3 is 3.11 bits per heavy atom. The summed E-state index contributed by atoms with van der Waals surface area (Å²) in [6.45, 7) is 2.05. The molecule has 0 radical (unpaired) electrons. The molecule has 0 saturated carbocycles. The van der Waals surface area contributed by atoms with Gasteiger partial charge >= 0.3 is 0 Å². The first-order valence-corrected chi connectivity index (χ1v) is 4.69. The van der Waals surface area contributed by atoms with Gasteiger partial charge < -0.3 is 4.74 Å². The van der Waals surface area contributed by atoms with Crippen molar-refractivity contribution < 1.29 is 4.74 Å². The Kier molecular flexibility index (Phi) is 1.68. The number of thioether (sulfide) groups is 1. The van der Waals surface area contributed by atoms with Crippen molar-refractivity contribution in [2.75, 3.05) is 19.0 Å². The minimum Gasteiger partial charge on any atom is -0.380 e. The summed E-state index contributed by atoms with van der Waals surface area (Å²) in [6.07, 6.45) is 2.81. The standard InChI is InChI=1S/C7H12OS/c1-2-9-7-3-6(1)4-8-5-7/h6-7H,1-5H2. The van der Waals surface area contributed by atoms with Gasteiger partial charge in [-0.25, -0.2) is 0 Å². The van der Waals surface area contributed by atoms with Crippen LogP contribution in [0.15, 0.2) is 0 Å². The minimum absolute atomic E-state index is 0.845. The molecule has 0 amide bonds. The summed E-state index contributed by atoms with van der Waals surface area (Å²) < 4.78 is 5.42. The zero-order valence-corrected chi connectivity index (χ0v) is 6.32. The van der Waals surface area contributed by atoms with Crippen LogP contribution < -0.4 is 0 Å². The van der Waals surface area contributed by atoms with E-state index < -0.39 is 0 Å². The third-order valence-corrected chi connectivity index (χ3v) is 3.40. The van der Waals surface area contributed by atoms with Crippen molar-refractivity contribution in [3.63, 3.8) is 0 Å². The summed E-state index contributed by atoms with van der Waals surface area (Å²) in [6, 6.07) is 0. The molecule has 9 heavy (non-hydrogen) atoms. The predicted octanol–water partition coefficient (Wildman–Crippen LogP) is 1.53. The molecule has 0 aromatic heterocycles. The summed E-state index contributed by atoms with van der Waals surface area (Å²) in [5, 5.41) is 0.845. The highest BCUT2D eigenvalue weighted by Gasteiger charge is 2.26. The fourth-order valence-electron chi connectivity index (χ4n) is 1.59. The van der Waals surface area contributed by atoms with Crippen LogP contribution in [-0.2, 0) is 4.74 Å². The quantitative estimate of drug-likeness (QED) is 0.510. The van der Waals surface area contributed by atoms with Crippen LogP contribution in [0.3, 0.4) is 0 Å². The summed E-state index contributed by atoms with van der Waals surface area (Å²) in [5.74, 6) is 2.28. The van der Waals surface area contributed by atoms with Gasteiger partial charge in [0.1, 0.15) is 0 Å². The van der Waals surface area contributed by atoms with E-state index in [1.807, 2.05) is 0 Å². The molecule has 0 spiro atoms. The van der Waals surface area contributed by atoms with Crippen molar-refractivity contribution in [3.05, 3.63) is 0 Å². The van der Waals surface area contributed by atoms with Gasteiger partial charge in [0.2, 0.25) is 0 Å². The third-order valence-electron chi connectivity index (χ3n) is 2.13. The van der Waals surface area contributed by atoms with Crippen LogP contribution in [0.2, 0.25) is 0 Å². The van der Waals surface area contributed by atoms with E-state index in [0.29, 0.717) is 0 Å². The highest BCUT2D eigenvalue weighted by molar-refractivity contribution is 7.99. The van der Waals surface area contributed by atoms with Gasteiger partial charge in [-0.3, -0.25) is 0 Å². The van der Waals surface area contributed by atoms with E-state index in [1.54, 1.807) is 0 Å². The second-order valence-corrected chi connectivity index (χ2v) is 4.33. The predicted molar refractivity (Wildman–Crippen MR) is 39.8 cm³/mol. The molecule has 1 nitrogen and oxygen atoms in total. The summed E-state index contributed by atoms with van der Waals surface area (Å²) in [7, 11) is 0. The number of hydrogen-bond acceptors (Lipinski definition) is 2. The van der Waals surface area contributed by atoms with Crippen LogP contribution in [0.1, 0.15) is 12.8 Å². The summed E-state index contributed by atoms with van der Waals surface area (Å²) in [4.78, 5) is 0. The average Bonchev–Trinajstić information content (AvgIpc) is 1.88. The van der Waals surface area contributed by atoms with Crippen molar-refractivity contribution >= 4 is 11.8 Å². The fraction of sp³-hybridized carbons (Fsp3) is 1.00. The molecule has 2 fully saturated rings. The molecule has 2 bridgehead atoms. The molecule has 2 unspecified atom stereocenters. The van der Waals surface area contributed by atoms with Crippen molar-refractivity contribution in [3.8, 4) is 0 Å². The van der Waals surface area contributed by atoms with E-state index in [4.69, 9.17) is 4.74 Å². The highest BCUT2D eigenvalue weighted by Crippen LogP contribution is 2.33. The van der Waals surface area contributed by atoms with Gasteiger partial charge in [0, 0.05) is 11.9 Å². The summed E-state index contributed by atoms with van der Waals surface area (Å²) in [5.41, 5.74) is 0. The lowest BCUT2D eigenvalue weighted by Gasteiger charge is -2.33. The van der Waals surface area contributed by atoms with Gasteiger partial charge in [-0.05, 0) is 24.5 Å². The first-order valence-electron chi connectivity index (χ1n) is 3.64. The van der Waals surface area contributed by atoms with Crippen LogP contribution in [-0.4, -0.2) is 24.2 Å². The Labute approximate surface area is 60.2 Å².